The number of benzene rings is 2. The molecule has 3 heterocycles. The number of nitrogens with zero attached hydrogens (tertiary/aromatic N) is 4. The van der Waals surface area contributed by atoms with Gasteiger partial charge in [0.15, 0.2) is 0 Å². The maximum Gasteiger partial charge on any atom is 0.139 e. The summed E-state index contributed by atoms with van der Waals surface area (Å²) in [6, 6.07) is 19.1. The Morgan fingerprint density at radius 3 is 2.65 bits per heavy atom. The highest BCUT2D eigenvalue weighted by Crippen LogP contribution is 2.29. The van der Waals surface area contributed by atoms with Crippen molar-refractivity contribution in [3.05, 3.63) is 60.9 Å². The van der Waals surface area contributed by atoms with E-state index < -0.39 is 0 Å². The molecule has 1 aliphatic heterocycles. The van der Waals surface area contributed by atoms with Crippen LogP contribution in [-0.4, -0.2) is 33.7 Å². The van der Waals surface area contributed by atoms with Crippen LogP contribution in [0.15, 0.2) is 60.9 Å². The number of hydrogen-bond donors (Lipinski definition) is 1. The van der Waals surface area contributed by atoms with Gasteiger partial charge in [-0.1, -0.05) is 24.3 Å². The summed E-state index contributed by atoms with van der Waals surface area (Å²) in [5.41, 5.74) is 10.4. The fourth-order valence-corrected chi connectivity index (χ4v) is 3.79. The standard InChI is InChI=1S/C21H21N5/c22-16-10-12-25(13-11-16)19-7-3-4-15-8-9-20(24-21(15)19)26-14-23-17-5-1-2-6-18(17)26/h1-9,14,16H,10-13,22H2. The second kappa shape index (κ2) is 6.11. The molecule has 5 heteroatoms. The zero-order chi connectivity index (χ0) is 17.5. The minimum absolute atomic E-state index is 0.321. The van der Waals surface area contributed by atoms with Crippen LogP contribution in [0.1, 0.15) is 12.8 Å². The van der Waals surface area contributed by atoms with Gasteiger partial charge in [0.1, 0.15) is 12.1 Å². The first-order valence-corrected chi connectivity index (χ1v) is 9.12. The van der Waals surface area contributed by atoms with Crippen molar-refractivity contribution in [1.82, 2.24) is 14.5 Å². The Labute approximate surface area is 152 Å². The van der Waals surface area contributed by atoms with E-state index in [1.165, 1.54) is 5.69 Å². The number of piperidine rings is 1. The molecule has 4 aromatic rings. The van der Waals surface area contributed by atoms with Crippen molar-refractivity contribution in [2.75, 3.05) is 18.0 Å². The first kappa shape index (κ1) is 15.3. The van der Waals surface area contributed by atoms with Crippen LogP contribution in [-0.2, 0) is 0 Å². The quantitative estimate of drug-likeness (QED) is 0.605. The highest BCUT2D eigenvalue weighted by atomic mass is 15.2. The van der Waals surface area contributed by atoms with E-state index in [9.17, 15) is 0 Å². The van der Waals surface area contributed by atoms with Crippen LogP contribution in [0.2, 0.25) is 0 Å². The molecule has 0 spiro atoms. The lowest BCUT2D eigenvalue weighted by Crippen LogP contribution is -2.39. The largest absolute Gasteiger partial charge is 0.370 e. The number of para-hydroxylation sites is 3. The molecule has 26 heavy (non-hydrogen) atoms. The van der Waals surface area contributed by atoms with Gasteiger partial charge >= 0.3 is 0 Å². The molecule has 5 nitrogen and oxygen atoms in total. The van der Waals surface area contributed by atoms with E-state index in [1.54, 1.807) is 0 Å². The van der Waals surface area contributed by atoms with Crippen molar-refractivity contribution in [3.8, 4) is 5.82 Å². The van der Waals surface area contributed by atoms with E-state index in [0.29, 0.717) is 6.04 Å². The van der Waals surface area contributed by atoms with E-state index in [2.05, 4.69) is 50.8 Å². The number of aromatic nitrogens is 3. The van der Waals surface area contributed by atoms with E-state index >= 15 is 0 Å². The first-order valence-electron chi connectivity index (χ1n) is 9.12. The third-order valence-electron chi connectivity index (χ3n) is 5.26. The minimum Gasteiger partial charge on any atom is -0.370 e. The van der Waals surface area contributed by atoms with Crippen LogP contribution in [0.4, 0.5) is 5.69 Å². The molecule has 0 aliphatic carbocycles. The lowest BCUT2D eigenvalue weighted by molar-refractivity contribution is 0.502. The van der Waals surface area contributed by atoms with Crippen molar-refractivity contribution in [2.24, 2.45) is 5.73 Å². The average Bonchev–Trinajstić information content (AvgIpc) is 3.12. The Morgan fingerprint density at radius 1 is 0.923 bits per heavy atom. The number of nitrogens with two attached hydrogens (primary N) is 1. The van der Waals surface area contributed by atoms with Gasteiger partial charge in [0.05, 0.1) is 22.2 Å². The molecule has 0 atom stereocenters. The Balaban J connectivity index is 1.64. The van der Waals surface area contributed by atoms with E-state index in [-0.39, 0.29) is 0 Å². The van der Waals surface area contributed by atoms with Crippen LogP contribution in [0.3, 0.4) is 0 Å². The third-order valence-corrected chi connectivity index (χ3v) is 5.26. The zero-order valence-electron chi connectivity index (χ0n) is 14.5. The van der Waals surface area contributed by atoms with Gasteiger partial charge in [0.2, 0.25) is 0 Å². The zero-order valence-corrected chi connectivity index (χ0v) is 14.5. The first-order chi connectivity index (χ1) is 12.8. The van der Waals surface area contributed by atoms with Crippen LogP contribution in [0.5, 0.6) is 0 Å². The molecule has 1 aliphatic rings. The molecular formula is C21H21N5. The van der Waals surface area contributed by atoms with Crippen LogP contribution >= 0.6 is 0 Å². The maximum absolute atomic E-state index is 6.08. The normalized spacial score (nSPS) is 15.8. The molecule has 1 saturated heterocycles. The number of hydrogen-bond acceptors (Lipinski definition) is 4. The summed E-state index contributed by atoms with van der Waals surface area (Å²) < 4.78 is 2.05. The summed E-state index contributed by atoms with van der Waals surface area (Å²) in [5.74, 6) is 0.896. The van der Waals surface area contributed by atoms with Crippen molar-refractivity contribution in [2.45, 2.75) is 18.9 Å². The monoisotopic (exact) mass is 343 g/mol. The lowest BCUT2D eigenvalue weighted by atomic mass is 10.0. The second-order valence-electron chi connectivity index (χ2n) is 6.95. The Kier molecular flexibility index (Phi) is 3.60. The number of rotatable bonds is 2. The number of anilines is 1. The summed E-state index contributed by atoms with van der Waals surface area (Å²) in [5, 5.41) is 1.16. The Hall–Kier alpha value is -2.92. The molecular weight excluding hydrogens is 322 g/mol. The minimum atomic E-state index is 0.321. The van der Waals surface area contributed by atoms with Gasteiger partial charge in [0, 0.05) is 24.5 Å². The van der Waals surface area contributed by atoms with Crippen molar-refractivity contribution >= 4 is 27.6 Å². The Morgan fingerprint density at radius 2 is 1.77 bits per heavy atom. The molecule has 2 N–H and O–H groups in total. The second-order valence-corrected chi connectivity index (χ2v) is 6.95. The van der Waals surface area contributed by atoms with Crippen molar-refractivity contribution < 1.29 is 0 Å². The van der Waals surface area contributed by atoms with Crippen LogP contribution < -0.4 is 10.6 Å². The molecule has 1 fully saturated rings. The molecule has 0 unspecified atom stereocenters. The molecule has 0 saturated carbocycles. The van der Waals surface area contributed by atoms with E-state index in [0.717, 1.165) is 53.7 Å². The number of fused-ring (bicyclic) bond motifs is 2. The van der Waals surface area contributed by atoms with Crippen molar-refractivity contribution in [3.63, 3.8) is 0 Å². The van der Waals surface area contributed by atoms with Gasteiger partial charge in [-0.2, -0.15) is 0 Å². The number of pyridine rings is 1. The van der Waals surface area contributed by atoms with E-state index in [1.807, 2.05) is 24.5 Å². The fraction of sp³-hybridized carbons (Fsp3) is 0.238. The summed E-state index contributed by atoms with van der Waals surface area (Å²) in [6.45, 7) is 1.97. The maximum atomic E-state index is 6.08. The molecule has 5 rings (SSSR count). The number of imidazole rings is 1. The van der Waals surface area contributed by atoms with Gasteiger partial charge < -0.3 is 10.6 Å². The summed E-state index contributed by atoms with van der Waals surface area (Å²) in [7, 11) is 0. The lowest BCUT2D eigenvalue weighted by Gasteiger charge is -2.32. The molecule has 2 aromatic carbocycles. The molecule has 0 bridgehead atoms. The van der Waals surface area contributed by atoms with Gasteiger partial charge in [-0.25, -0.2) is 9.97 Å². The summed E-state index contributed by atoms with van der Waals surface area (Å²) in [4.78, 5) is 11.9. The Bertz CT molecular complexity index is 1080. The van der Waals surface area contributed by atoms with Crippen LogP contribution in [0, 0.1) is 0 Å². The van der Waals surface area contributed by atoms with Crippen LogP contribution in [0.25, 0.3) is 27.8 Å². The topological polar surface area (TPSA) is 60.0 Å². The SMILES string of the molecule is NC1CCN(c2cccc3ccc(-n4cnc5ccccc54)nc23)CC1. The van der Waals surface area contributed by atoms with E-state index in [4.69, 9.17) is 10.7 Å². The smallest absolute Gasteiger partial charge is 0.139 e. The average molecular weight is 343 g/mol. The molecule has 0 radical (unpaired) electrons. The van der Waals surface area contributed by atoms with Crippen molar-refractivity contribution in [1.29, 1.82) is 0 Å². The van der Waals surface area contributed by atoms with Gasteiger partial charge in [0.25, 0.3) is 0 Å². The van der Waals surface area contributed by atoms with Gasteiger partial charge in [-0.3, -0.25) is 4.57 Å². The summed E-state index contributed by atoms with van der Waals surface area (Å²) in [6.07, 6.45) is 3.91. The molecule has 130 valence electrons. The predicted octanol–water partition coefficient (Wildman–Crippen LogP) is 3.50. The van der Waals surface area contributed by atoms with Gasteiger partial charge in [-0.15, -0.1) is 0 Å². The highest BCUT2D eigenvalue weighted by molar-refractivity contribution is 5.91. The fourth-order valence-electron chi connectivity index (χ4n) is 3.79. The predicted molar refractivity (Wildman–Crippen MR) is 106 cm³/mol. The highest BCUT2D eigenvalue weighted by Gasteiger charge is 2.19. The third kappa shape index (κ3) is 2.52. The van der Waals surface area contributed by atoms with Gasteiger partial charge in [-0.05, 0) is 43.2 Å². The molecule has 2 aromatic heterocycles. The molecule has 0 amide bonds. The summed E-state index contributed by atoms with van der Waals surface area (Å²) >= 11 is 0.